The Morgan fingerprint density at radius 2 is 1.86 bits per heavy atom. The van der Waals surface area contributed by atoms with Crippen molar-refractivity contribution in [3.8, 4) is 5.75 Å². The van der Waals surface area contributed by atoms with Crippen LogP contribution in [0.5, 0.6) is 5.75 Å². The third-order valence-electron chi connectivity index (χ3n) is 1.83. The van der Waals surface area contributed by atoms with Gasteiger partial charge in [0.05, 0.1) is 4.47 Å². The zero-order valence-electron chi connectivity index (χ0n) is 7.74. The number of aromatic hydroxyl groups is 1. The minimum Gasteiger partial charge on any atom is -0.504 e. The predicted octanol–water partition coefficient (Wildman–Crippen LogP) is 2.63. The Hall–Kier alpha value is -0.680. The number of benzene rings is 1. The molecule has 1 aromatic carbocycles. The molecule has 1 rings (SSSR count). The SMILES string of the molecule is CC(C)(N)c1cc(Br)c(O)c(F)c1F. The van der Waals surface area contributed by atoms with Gasteiger partial charge in [-0.25, -0.2) is 4.39 Å². The normalized spacial score (nSPS) is 11.9. The van der Waals surface area contributed by atoms with Crippen molar-refractivity contribution in [2.24, 2.45) is 5.73 Å². The van der Waals surface area contributed by atoms with E-state index in [1.165, 1.54) is 6.07 Å². The number of halogens is 3. The lowest BCUT2D eigenvalue weighted by Gasteiger charge is -2.20. The van der Waals surface area contributed by atoms with E-state index in [2.05, 4.69) is 15.9 Å². The summed E-state index contributed by atoms with van der Waals surface area (Å²) in [5.41, 5.74) is 4.65. The summed E-state index contributed by atoms with van der Waals surface area (Å²) in [7, 11) is 0. The van der Waals surface area contributed by atoms with E-state index in [4.69, 9.17) is 10.8 Å². The van der Waals surface area contributed by atoms with Crippen molar-refractivity contribution in [3.63, 3.8) is 0 Å². The first kappa shape index (κ1) is 11.4. The average Bonchev–Trinajstić information content (AvgIpc) is 2.06. The Labute approximate surface area is 88.9 Å². The first-order chi connectivity index (χ1) is 6.25. The standard InChI is InChI=1S/C9H10BrF2NO/c1-9(2,13)4-3-5(10)8(14)7(12)6(4)11/h3,14H,13H2,1-2H3. The average molecular weight is 266 g/mol. The van der Waals surface area contributed by atoms with Gasteiger partial charge in [0.15, 0.2) is 11.6 Å². The maximum atomic E-state index is 13.3. The van der Waals surface area contributed by atoms with E-state index in [1.54, 1.807) is 13.8 Å². The largest absolute Gasteiger partial charge is 0.504 e. The molecule has 78 valence electrons. The predicted molar refractivity (Wildman–Crippen MR) is 52.9 cm³/mol. The summed E-state index contributed by atoms with van der Waals surface area (Å²) in [6.07, 6.45) is 0. The first-order valence-corrected chi connectivity index (χ1v) is 4.70. The van der Waals surface area contributed by atoms with Gasteiger partial charge in [0, 0.05) is 11.1 Å². The van der Waals surface area contributed by atoms with Crippen LogP contribution in [0.4, 0.5) is 8.78 Å². The van der Waals surface area contributed by atoms with Crippen molar-refractivity contribution in [2.45, 2.75) is 19.4 Å². The van der Waals surface area contributed by atoms with Crippen LogP contribution in [0.3, 0.4) is 0 Å². The monoisotopic (exact) mass is 265 g/mol. The van der Waals surface area contributed by atoms with Gasteiger partial charge in [-0.2, -0.15) is 4.39 Å². The van der Waals surface area contributed by atoms with Gasteiger partial charge >= 0.3 is 0 Å². The van der Waals surface area contributed by atoms with E-state index >= 15 is 0 Å². The maximum absolute atomic E-state index is 13.3. The Bertz CT molecular complexity index is 374. The van der Waals surface area contributed by atoms with Crippen LogP contribution in [-0.2, 0) is 5.54 Å². The summed E-state index contributed by atoms with van der Waals surface area (Å²) < 4.78 is 26.5. The lowest BCUT2D eigenvalue weighted by molar-refractivity contribution is 0.390. The third kappa shape index (κ3) is 1.88. The molecule has 5 heteroatoms. The number of phenolic OH excluding ortho intramolecular Hbond substituents is 1. The molecule has 0 aliphatic heterocycles. The van der Waals surface area contributed by atoms with Crippen molar-refractivity contribution >= 4 is 15.9 Å². The van der Waals surface area contributed by atoms with Crippen molar-refractivity contribution in [3.05, 3.63) is 27.7 Å². The quantitative estimate of drug-likeness (QED) is 0.767. The van der Waals surface area contributed by atoms with Gasteiger partial charge in [0.2, 0.25) is 5.82 Å². The van der Waals surface area contributed by atoms with E-state index in [-0.39, 0.29) is 10.0 Å². The molecule has 0 radical (unpaired) electrons. The van der Waals surface area contributed by atoms with Gasteiger partial charge in [-0.15, -0.1) is 0 Å². The number of rotatable bonds is 1. The second-order valence-electron chi connectivity index (χ2n) is 3.60. The van der Waals surface area contributed by atoms with E-state index in [0.29, 0.717) is 0 Å². The summed E-state index contributed by atoms with van der Waals surface area (Å²) >= 11 is 2.91. The molecule has 0 atom stereocenters. The first-order valence-electron chi connectivity index (χ1n) is 3.91. The highest BCUT2D eigenvalue weighted by Crippen LogP contribution is 2.34. The summed E-state index contributed by atoms with van der Waals surface area (Å²) in [5, 5.41) is 9.07. The van der Waals surface area contributed by atoms with Gasteiger partial charge in [-0.3, -0.25) is 0 Å². The van der Waals surface area contributed by atoms with Gasteiger partial charge in [0.25, 0.3) is 0 Å². The fourth-order valence-electron chi connectivity index (χ4n) is 1.05. The highest BCUT2D eigenvalue weighted by atomic mass is 79.9. The van der Waals surface area contributed by atoms with Crippen LogP contribution in [0, 0.1) is 11.6 Å². The molecule has 0 amide bonds. The van der Waals surface area contributed by atoms with Crippen molar-refractivity contribution in [1.82, 2.24) is 0 Å². The molecular formula is C9H10BrF2NO. The molecule has 0 bridgehead atoms. The molecule has 14 heavy (non-hydrogen) atoms. The summed E-state index contributed by atoms with van der Waals surface area (Å²) in [4.78, 5) is 0. The maximum Gasteiger partial charge on any atom is 0.201 e. The minimum atomic E-state index is -1.28. The molecule has 0 unspecified atom stereocenters. The van der Waals surface area contributed by atoms with Crippen molar-refractivity contribution < 1.29 is 13.9 Å². The molecular weight excluding hydrogens is 256 g/mol. The Kier molecular flexibility index (Phi) is 2.83. The number of phenols is 1. The third-order valence-corrected chi connectivity index (χ3v) is 2.43. The Balaban J connectivity index is 3.49. The van der Waals surface area contributed by atoms with Crippen molar-refractivity contribution in [2.75, 3.05) is 0 Å². The molecule has 0 aliphatic carbocycles. The lowest BCUT2D eigenvalue weighted by atomic mass is 9.95. The molecule has 0 saturated heterocycles. The second-order valence-corrected chi connectivity index (χ2v) is 4.46. The molecule has 0 saturated carbocycles. The molecule has 2 nitrogen and oxygen atoms in total. The molecule has 0 heterocycles. The van der Waals surface area contributed by atoms with Crippen LogP contribution in [0.1, 0.15) is 19.4 Å². The highest BCUT2D eigenvalue weighted by molar-refractivity contribution is 9.10. The van der Waals surface area contributed by atoms with E-state index in [1.807, 2.05) is 0 Å². The highest BCUT2D eigenvalue weighted by Gasteiger charge is 2.25. The number of nitrogens with two attached hydrogens (primary N) is 1. The van der Waals surface area contributed by atoms with Gasteiger partial charge in [-0.05, 0) is 35.8 Å². The van der Waals surface area contributed by atoms with Crippen LogP contribution in [-0.4, -0.2) is 5.11 Å². The summed E-state index contributed by atoms with van der Waals surface area (Å²) in [5.74, 6) is -3.14. The minimum absolute atomic E-state index is 0.0136. The summed E-state index contributed by atoms with van der Waals surface area (Å²) in [6, 6.07) is 1.27. The number of hydrogen-bond acceptors (Lipinski definition) is 2. The van der Waals surface area contributed by atoms with Crippen LogP contribution >= 0.6 is 15.9 Å². The van der Waals surface area contributed by atoms with Crippen LogP contribution in [0.2, 0.25) is 0 Å². The fourth-order valence-corrected chi connectivity index (χ4v) is 1.46. The molecule has 1 aromatic rings. The Morgan fingerprint density at radius 1 is 1.36 bits per heavy atom. The summed E-state index contributed by atoms with van der Waals surface area (Å²) in [6.45, 7) is 3.10. The second kappa shape index (κ2) is 3.47. The van der Waals surface area contributed by atoms with Gasteiger partial charge in [0.1, 0.15) is 0 Å². The fraction of sp³-hybridized carbons (Fsp3) is 0.333. The zero-order chi connectivity index (χ0) is 11.1. The molecule has 0 spiro atoms. The van der Waals surface area contributed by atoms with Crippen LogP contribution < -0.4 is 5.73 Å². The lowest BCUT2D eigenvalue weighted by Crippen LogP contribution is -2.30. The molecule has 0 aliphatic rings. The van der Waals surface area contributed by atoms with Gasteiger partial charge in [-0.1, -0.05) is 0 Å². The van der Waals surface area contributed by atoms with E-state index < -0.39 is 22.9 Å². The smallest absolute Gasteiger partial charge is 0.201 e. The van der Waals surface area contributed by atoms with Crippen molar-refractivity contribution in [1.29, 1.82) is 0 Å². The Morgan fingerprint density at radius 3 is 2.29 bits per heavy atom. The van der Waals surface area contributed by atoms with Crippen LogP contribution in [0.15, 0.2) is 10.5 Å². The zero-order valence-corrected chi connectivity index (χ0v) is 9.32. The van der Waals surface area contributed by atoms with E-state index in [9.17, 15) is 8.78 Å². The number of hydrogen-bond donors (Lipinski definition) is 2. The molecule has 0 aromatic heterocycles. The molecule has 3 N–H and O–H groups in total. The van der Waals surface area contributed by atoms with E-state index in [0.717, 1.165) is 0 Å². The van der Waals surface area contributed by atoms with Gasteiger partial charge < -0.3 is 10.8 Å². The molecule has 0 fully saturated rings. The van der Waals surface area contributed by atoms with Crippen LogP contribution in [0.25, 0.3) is 0 Å². The topological polar surface area (TPSA) is 46.2 Å².